The van der Waals surface area contributed by atoms with E-state index in [9.17, 15) is 4.79 Å². The molecule has 0 fully saturated rings. The number of fused-ring (bicyclic) bond motifs is 1. The van der Waals surface area contributed by atoms with E-state index in [-0.39, 0.29) is 5.84 Å². The number of aromatic nitrogens is 1. The van der Waals surface area contributed by atoms with Crippen LogP contribution in [0.3, 0.4) is 0 Å². The van der Waals surface area contributed by atoms with Crippen LogP contribution in [0.5, 0.6) is 0 Å². The molecule has 0 bridgehead atoms. The molecule has 0 aliphatic carbocycles. The van der Waals surface area contributed by atoms with Crippen LogP contribution in [0.1, 0.15) is 12.5 Å². The molecule has 0 spiro atoms. The second-order valence-corrected chi connectivity index (χ2v) is 3.34. The standard InChI is InChI=1S/C11H11N3O2/c1-7(15)16-14-11(12)9-2-3-10-8(6-9)4-5-13-10/h2-6,13H,1H3,(H2,12,14). The first-order valence-corrected chi connectivity index (χ1v) is 4.75. The quantitative estimate of drug-likeness (QED) is 0.345. The molecular weight excluding hydrogens is 206 g/mol. The normalized spacial score (nSPS) is 11.7. The van der Waals surface area contributed by atoms with Crippen LogP contribution in [0.15, 0.2) is 35.6 Å². The van der Waals surface area contributed by atoms with Crippen LogP contribution < -0.4 is 5.73 Å². The Hall–Kier alpha value is -2.30. The fraction of sp³-hybridized carbons (Fsp3) is 0.0909. The van der Waals surface area contributed by atoms with Gasteiger partial charge in [-0.1, -0.05) is 5.16 Å². The van der Waals surface area contributed by atoms with Crippen molar-refractivity contribution in [3.63, 3.8) is 0 Å². The lowest BCUT2D eigenvalue weighted by Crippen LogP contribution is -2.14. The van der Waals surface area contributed by atoms with Crippen molar-refractivity contribution in [2.75, 3.05) is 0 Å². The maximum atomic E-state index is 10.6. The number of oxime groups is 1. The number of H-pyrrole nitrogens is 1. The lowest BCUT2D eigenvalue weighted by atomic mass is 10.1. The summed E-state index contributed by atoms with van der Waals surface area (Å²) >= 11 is 0. The van der Waals surface area contributed by atoms with E-state index in [0.717, 1.165) is 10.9 Å². The van der Waals surface area contributed by atoms with Gasteiger partial charge in [-0.3, -0.25) is 0 Å². The predicted molar refractivity (Wildman–Crippen MR) is 60.8 cm³/mol. The summed E-state index contributed by atoms with van der Waals surface area (Å²) in [5, 5.41) is 4.55. The number of nitrogens with zero attached hydrogens (tertiary/aromatic N) is 1. The maximum absolute atomic E-state index is 10.6. The molecule has 1 aromatic heterocycles. The van der Waals surface area contributed by atoms with Crippen LogP contribution in [0.25, 0.3) is 10.9 Å². The Morgan fingerprint density at radius 2 is 2.25 bits per heavy atom. The van der Waals surface area contributed by atoms with E-state index >= 15 is 0 Å². The van der Waals surface area contributed by atoms with Crippen molar-refractivity contribution in [3.8, 4) is 0 Å². The summed E-state index contributed by atoms with van der Waals surface area (Å²) in [7, 11) is 0. The molecule has 82 valence electrons. The fourth-order valence-corrected chi connectivity index (χ4v) is 1.38. The molecule has 2 rings (SSSR count). The summed E-state index contributed by atoms with van der Waals surface area (Å²) in [5.74, 6) is -0.316. The number of hydrogen-bond acceptors (Lipinski definition) is 3. The van der Waals surface area contributed by atoms with Crippen LogP contribution in [-0.4, -0.2) is 16.8 Å². The minimum Gasteiger partial charge on any atom is -0.380 e. The Bertz CT molecular complexity index is 557. The molecule has 0 aliphatic rings. The van der Waals surface area contributed by atoms with Gasteiger partial charge >= 0.3 is 5.97 Å². The van der Waals surface area contributed by atoms with E-state index in [1.807, 2.05) is 24.4 Å². The van der Waals surface area contributed by atoms with Crippen molar-refractivity contribution in [1.82, 2.24) is 4.98 Å². The molecule has 1 aromatic carbocycles. The number of amidine groups is 1. The van der Waals surface area contributed by atoms with Crippen molar-refractivity contribution in [2.45, 2.75) is 6.92 Å². The SMILES string of the molecule is CC(=O)O/N=C(\N)c1ccc2[nH]ccc2c1. The predicted octanol–water partition coefficient (Wildman–Crippen LogP) is 1.35. The molecule has 0 atom stereocenters. The summed E-state index contributed by atoms with van der Waals surface area (Å²) in [6, 6.07) is 7.49. The molecule has 5 nitrogen and oxygen atoms in total. The molecule has 2 aromatic rings. The molecule has 5 heteroatoms. The summed E-state index contributed by atoms with van der Waals surface area (Å²) in [5.41, 5.74) is 7.40. The lowest BCUT2D eigenvalue weighted by molar-refractivity contribution is -0.140. The van der Waals surface area contributed by atoms with Gasteiger partial charge in [-0.2, -0.15) is 0 Å². The van der Waals surface area contributed by atoms with Crippen LogP contribution in [-0.2, 0) is 9.63 Å². The summed E-state index contributed by atoms with van der Waals surface area (Å²) < 4.78 is 0. The third kappa shape index (κ3) is 2.03. The zero-order valence-electron chi connectivity index (χ0n) is 8.73. The van der Waals surface area contributed by atoms with Gasteiger partial charge in [0.2, 0.25) is 0 Å². The van der Waals surface area contributed by atoms with Gasteiger partial charge in [0, 0.05) is 29.6 Å². The van der Waals surface area contributed by atoms with Crippen molar-refractivity contribution >= 4 is 22.7 Å². The van der Waals surface area contributed by atoms with E-state index in [2.05, 4.69) is 15.0 Å². The van der Waals surface area contributed by atoms with E-state index in [4.69, 9.17) is 5.73 Å². The van der Waals surface area contributed by atoms with Crippen molar-refractivity contribution in [2.24, 2.45) is 10.9 Å². The Labute approximate surface area is 91.9 Å². The second kappa shape index (κ2) is 4.06. The highest BCUT2D eigenvalue weighted by Crippen LogP contribution is 2.14. The Morgan fingerprint density at radius 1 is 1.44 bits per heavy atom. The molecule has 0 radical (unpaired) electrons. The van der Waals surface area contributed by atoms with Gasteiger partial charge in [-0.15, -0.1) is 0 Å². The molecule has 0 saturated carbocycles. The molecule has 0 aliphatic heterocycles. The average molecular weight is 217 g/mol. The van der Waals surface area contributed by atoms with E-state index in [1.54, 1.807) is 6.07 Å². The largest absolute Gasteiger partial charge is 0.380 e. The highest BCUT2D eigenvalue weighted by molar-refractivity contribution is 6.00. The Balaban J connectivity index is 2.31. The van der Waals surface area contributed by atoms with E-state index in [0.29, 0.717) is 5.56 Å². The van der Waals surface area contributed by atoms with Gasteiger partial charge in [0.1, 0.15) is 0 Å². The first-order valence-electron chi connectivity index (χ1n) is 4.75. The molecule has 0 saturated heterocycles. The molecule has 16 heavy (non-hydrogen) atoms. The number of rotatable bonds is 2. The van der Waals surface area contributed by atoms with Crippen LogP contribution in [0.2, 0.25) is 0 Å². The van der Waals surface area contributed by atoms with Gasteiger partial charge in [-0.25, -0.2) is 4.79 Å². The Morgan fingerprint density at radius 3 is 3.00 bits per heavy atom. The molecule has 3 N–H and O–H groups in total. The van der Waals surface area contributed by atoms with Gasteiger partial charge in [0.15, 0.2) is 5.84 Å². The van der Waals surface area contributed by atoms with Gasteiger partial charge in [0.05, 0.1) is 0 Å². The van der Waals surface area contributed by atoms with E-state index < -0.39 is 5.97 Å². The monoisotopic (exact) mass is 217 g/mol. The Kier molecular flexibility index (Phi) is 2.59. The number of hydrogen-bond donors (Lipinski definition) is 2. The highest BCUT2D eigenvalue weighted by Gasteiger charge is 2.02. The summed E-state index contributed by atoms with van der Waals surface area (Å²) in [6.07, 6.45) is 1.84. The lowest BCUT2D eigenvalue weighted by Gasteiger charge is -2.00. The molecule has 1 heterocycles. The molecule has 0 unspecified atom stereocenters. The van der Waals surface area contributed by atoms with Crippen LogP contribution in [0, 0.1) is 0 Å². The number of aromatic amines is 1. The third-order valence-electron chi connectivity index (χ3n) is 2.12. The van der Waals surface area contributed by atoms with Crippen molar-refractivity contribution in [3.05, 3.63) is 36.0 Å². The smallest absolute Gasteiger partial charge is 0.332 e. The highest BCUT2D eigenvalue weighted by atomic mass is 16.7. The van der Waals surface area contributed by atoms with Crippen LogP contribution >= 0.6 is 0 Å². The van der Waals surface area contributed by atoms with E-state index in [1.165, 1.54) is 6.92 Å². The fourth-order valence-electron chi connectivity index (χ4n) is 1.38. The molecule has 0 amide bonds. The minimum atomic E-state index is -0.495. The number of benzene rings is 1. The second-order valence-electron chi connectivity index (χ2n) is 3.34. The third-order valence-corrected chi connectivity index (χ3v) is 2.12. The maximum Gasteiger partial charge on any atom is 0.332 e. The number of carbonyl (C=O) groups is 1. The van der Waals surface area contributed by atoms with Gasteiger partial charge in [0.25, 0.3) is 0 Å². The number of carbonyl (C=O) groups excluding carboxylic acids is 1. The number of nitrogens with two attached hydrogens (primary N) is 1. The van der Waals surface area contributed by atoms with Gasteiger partial charge in [-0.05, 0) is 24.3 Å². The van der Waals surface area contributed by atoms with Gasteiger partial charge < -0.3 is 15.6 Å². The zero-order valence-corrected chi connectivity index (χ0v) is 8.73. The van der Waals surface area contributed by atoms with Crippen LogP contribution in [0.4, 0.5) is 0 Å². The number of nitrogens with one attached hydrogen (secondary N) is 1. The summed E-state index contributed by atoms with van der Waals surface area (Å²) in [4.78, 5) is 18.1. The molecular formula is C11H11N3O2. The van der Waals surface area contributed by atoms with Crippen molar-refractivity contribution in [1.29, 1.82) is 0 Å². The van der Waals surface area contributed by atoms with Crippen molar-refractivity contribution < 1.29 is 9.63 Å². The first-order chi connectivity index (χ1) is 7.66. The zero-order chi connectivity index (χ0) is 11.5. The first kappa shape index (κ1) is 10.2. The average Bonchev–Trinajstić information content (AvgIpc) is 2.72. The minimum absolute atomic E-state index is 0.179. The topological polar surface area (TPSA) is 80.5 Å². The summed E-state index contributed by atoms with van der Waals surface area (Å²) in [6.45, 7) is 1.27.